The molecule has 1 aromatic rings. The fraction of sp³-hybridized carbons (Fsp3) is 0.333. The summed E-state index contributed by atoms with van der Waals surface area (Å²) in [5.41, 5.74) is 7.81. The summed E-state index contributed by atoms with van der Waals surface area (Å²) < 4.78 is 13.1. The van der Waals surface area contributed by atoms with Crippen molar-refractivity contribution in [2.75, 3.05) is 0 Å². The molecular formula is C12H13ClFN. The molecular weight excluding hydrogens is 213 g/mol. The van der Waals surface area contributed by atoms with E-state index in [9.17, 15) is 4.39 Å². The molecule has 1 aromatic carbocycles. The van der Waals surface area contributed by atoms with E-state index in [4.69, 9.17) is 17.3 Å². The Morgan fingerprint density at radius 3 is 2.93 bits per heavy atom. The average molecular weight is 226 g/mol. The fourth-order valence-electron chi connectivity index (χ4n) is 1.89. The lowest BCUT2D eigenvalue weighted by molar-refractivity contribution is 0.628. The fourth-order valence-corrected chi connectivity index (χ4v) is 2.08. The zero-order valence-corrected chi connectivity index (χ0v) is 9.10. The topological polar surface area (TPSA) is 26.0 Å². The Bertz CT molecular complexity index is 401. The molecule has 1 saturated carbocycles. The van der Waals surface area contributed by atoms with E-state index in [1.165, 1.54) is 11.6 Å². The Hall–Kier alpha value is -0.860. The van der Waals surface area contributed by atoms with Crippen LogP contribution in [-0.2, 0) is 0 Å². The van der Waals surface area contributed by atoms with E-state index in [0.717, 1.165) is 24.8 Å². The van der Waals surface area contributed by atoms with E-state index in [1.807, 2.05) is 12.1 Å². The van der Waals surface area contributed by atoms with Crippen LogP contribution in [0.15, 0.2) is 23.8 Å². The molecule has 2 rings (SSSR count). The summed E-state index contributed by atoms with van der Waals surface area (Å²) in [7, 11) is 0. The molecule has 3 heteroatoms. The van der Waals surface area contributed by atoms with Gasteiger partial charge in [0.15, 0.2) is 0 Å². The SMILES string of the molecule is NC1CC/C(=C/c2cccc(F)c2Cl)C1. The lowest BCUT2D eigenvalue weighted by Crippen LogP contribution is -2.13. The van der Waals surface area contributed by atoms with E-state index >= 15 is 0 Å². The van der Waals surface area contributed by atoms with E-state index in [1.54, 1.807) is 6.07 Å². The molecule has 80 valence electrons. The molecule has 1 unspecified atom stereocenters. The summed E-state index contributed by atoms with van der Waals surface area (Å²) in [6.07, 6.45) is 4.86. The van der Waals surface area contributed by atoms with Gasteiger partial charge in [-0.05, 0) is 30.9 Å². The van der Waals surface area contributed by atoms with Gasteiger partial charge in [-0.2, -0.15) is 0 Å². The monoisotopic (exact) mass is 225 g/mol. The second-order valence-corrected chi connectivity index (χ2v) is 4.33. The Balaban J connectivity index is 2.27. The summed E-state index contributed by atoms with van der Waals surface area (Å²) in [6, 6.07) is 5.11. The molecule has 0 heterocycles. The van der Waals surface area contributed by atoms with Crippen LogP contribution < -0.4 is 5.73 Å². The second-order valence-electron chi connectivity index (χ2n) is 3.95. The minimum atomic E-state index is -0.367. The first-order chi connectivity index (χ1) is 7.16. The zero-order valence-electron chi connectivity index (χ0n) is 8.34. The molecule has 0 aliphatic heterocycles. The molecule has 0 saturated heterocycles. The highest BCUT2D eigenvalue weighted by Gasteiger charge is 2.15. The van der Waals surface area contributed by atoms with Gasteiger partial charge >= 0.3 is 0 Å². The van der Waals surface area contributed by atoms with Gasteiger partial charge in [-0.15, -0.1) is 0 Å². The predicted octanol–water partition coefficient (Wildman–Crippen LogP) is 3.37. The van der Waals surface area contributed by atoms with Crippen LogP contribution in [0.25, 0.3) is 6.08 Å². The number of nitrogens with two attached hydrogens (primary N) is 1. The van der Waals surface area contributed by atoms with Crippen LogP contribution in [0.1, 0.15) is 24.8 Å². The van der Waals surface area contributed by atoms with Crippen molar-refractivity contribution in [3.63, 3.8) is 0 Å². The molecule has 1 aliphatic carbocycles. The van der Waals surface area contributed by atoms with Crippen molar-refractivity contribution in [2.45, 2.75) is 25.3 Å². The van der Waals surface area contributed by atoms with Crippen LogP contribution >= 0.6 is 11.6 Å². The first-order valence-electron chi connectivity index (χ1n) is 5.06. The lowest BCUT2D eigenvalue weighted by atomic mass is 10.1. The molecule has 0 bridgehead atoms. The number of hydrogen-bond donors (Lipinski definition) is 1. The van der Waals surface area contributed by atoms with Crippen molar-refractivity contribution in [3.05, 3.63) is 40.2 Å². The molecule has 1 fully saturated rings. The largest absolute Gasteiger partial charge is 0.327 e. The summed E-state index contributed by atoms with van der Waals surface area (Å²) >= 11 is 5.86. The molecule has 0 radical (unpaired) electrons. The average Bonchev–Trinajstić information content (AvgIpc) is 2.59. The van der Waals surface area contributed by atoms with Crippen LogP contribution in [0.4, 0.5) is 4.39 Å². The van der Waals surface area contributed by atoms with Gasteiger partial charge in [0, 0.05) is 6.04 Å². The van der Waals surface area contributed by atoms with Gasteiger partial charge in [0.25, 0.3) is 0 Å². The van der Waals surface area contributed by atoms with Gasteiger partial charge in [-0.3, -0.25) is 0 Å². The number of halogens is 2. The Labute approximate surface area is 93.7 Å². The Morgan fingerprint density at radius 2 is 2.27 bits per heavy atom. The third kappa shape index (κ3) is 2.39. The first kappa shape index (κ1) is 10.7. The van der Waals surface area contributed by atoms with Gasteiger partial charge in [-0.1, -0.05) is 35.4 Å². The number of benzene rings is 1. The van der Waals surface area contributed by atoms with E-state index in [2.05, 4.69) is 0 Å². The van der Waals surface area contributed by atoms with Crippen molar-refractivity contribution in [2.24, 2.45) is 5.73 Å². The molecule has 2 N–H and O–H groups in total. The number of hydrogen-bond acceptors (Lipinski definition) is 1. The van der Waals surface area contributed by atoms with Crippen molar-refractivity contribution in [3.8, 4) is 0 Å². The highest BCUT2D eigenvalue weighted by molar-refractivity contribution is 6.32. The minimum Gasteiger partial charge on any atom is -0.327 e. The third-order valence-corrected chi connectivity index (χ3v) is 3.10. The maximum Gasteiger partial charge on any atom is 0.142 e. The quantitative estimate of drug-likeness (QED) is 0.779. The molecule has 0 aromatic heterocycles. The van der Waals surface area contributed by atoms with Crippen molar-refractivity contribution in [1.29, 1.82) is 0 Å². The first-order valence-corrected chi connectivity index (χ1v) is 5.43. The van der Waals surface area contributed by atoms with Crippen LogP contribution in [0.5, 0.6) is 0 Å². The van der Waals surface area contributed by atoms with Crippen LogP contribution in [-0.4, -0.2) is 6.04 Å². The molecule has 1 aliphatic rings. The van der Waals surface area contributed by atoms with E-state index in [0.29, 0.717) is 0 Å². The second kappa shape index (κ2) is 4.33. The molecule has 0 amide bonds. The standard InChI is InChI=1S/C12H13ClFN/c13-12-9(2-1-3-11(12)14)6-8-4-5-10(15)7-8/h1-3,6,10H,4-5,7,15H2/b8-6-. The van der Waals surface area contributed by atoms with Gasteiger partial charge in [0.2, 0.25) is 0 Å². The smallest absolute Gasteiger partial charge is 0.142 e. The van der Waals surface area contributed by atoms with E-state index < -0.39 is 0 Å². The summed E-state index contributed by atoms with van der Waals surface area (Å²) in [6.45, 7) is 0. The van der Waals surface area contributed by atoms with Gasteiger partial charge in [0.1, 0.15) is 5.82 Å². The van der Waals surface area contributed by atoms with Crippen molar-refractivity contribution < 1.29 is 4.39 Å². The van der Waals surface area contributed by atoms with Crippen LogP contribution in [0.2, 0.25) is 5.02 Å². The highest BCUT2D eigenvalue weighted by Crippen LogP contribution is 2.28. The highest BCUT2D eigenvalue weighted by atomic mass is 35.5. The van der Waals surface area contributed by atoms with Crippen LogP contribution in [0, 0.1) is 5.82 Å². The van der Waals surface area contributed by atoms with Gasteiger partial charge < -0.3 is 5.73 Å². The number of rotatable bonds is 1. The van der Waals surface area contributed by atoms with Crippen LogP contribution in [0.3, 0.4) is 0 Å². The normalized spacial score (nSPS) is 23.7. The minimum absolute atomic E-state index is 0.200. The van der Waals surface area contributed by atoms with E-state index in [-0.39, 0.29) is 16.9 Å². The summed E-state index contributed by atoms with van der Waals surface area (Å²) in [5, 5.41) is 0.200. The summed E-state index contributed by atoms with van der Waals surface area (Å²) in [4.78, 5) is 0. The molecule has 1 atom stereocenters. The van der Waals surface area contributed by atoms with Gasteiger partial charge in [0.05, 0.1) is 5.02 Å². The maximum atomic E-state index is 13.1. The maximum absolute atomic E-state index is 13.1. The van der Waals surface area contributed by atoms with Crippen molar-refractivity contribution in [1.82, 2.24) is 0 Å². The molecule has 15 heavy (non-hydrogen) atoms. The Morgan fingerprint density at radius 1 is 1.47 bits per heavy atom. The van der Waals surface area contributed by atoms with Gasteiger partial charge in [-0.25, -0.2) is 4.39 Å². The lowest BCUT2D eigenvalue weighted by Gasteiger charge is -2.01. The van der Waals surface area contributed by atoms with Crippen molar-refractivity contribution >= 4 is 17.7 Å². The zero-order chi connectivity index (χ0) is 10.8. The Kier molecular flexibility index (Phi) is 3.08. The summed E-state index contributed by atoms with van der Waals surface area (Å²) in [5.74, 6) is -0.367. The molecule has 1 nitrogen and oxygen atoms in total. The third-order valence-electron chi connectivity index (χ3n) is 2.70. The molecule has 0 spiro atoms. The predicted molar refractivity (Wildman–Crippen MR) is 61.2 cm³/mol.